The second kappa shape index (κ2) is 6.18. The fourth-order valence-electron chi connectivity index (χ4n) is 1.22. The van der Waals surface area contributed by atoms with Gasteiger partial charge in [0.2, 0.25) is 0 Å². The maximum absolute atomic E-state index is 12.7. The van der Waals surface area contributed by atoms with E-state index in [1.54, 1.807) is 0 Å². The molecule has 0 radical (unpaired) electrons. The number of halogens is 5. The van der Waals surface area contributed by atoms with Crippen LogP contribution in [-0.4, -0.2) is 17.3 Å². The highest BCUT2D eigenvalue weighted by atomic mass is 35.5. The van der Waals surface area contributed by atoms with Crippen LogP contribution in [-0.2, 0) is 0 Å². The highest BCUT2D eigenvalue weighted by molar-refractivity contribution is 5.85. The van der Waals surface area contributed by atoms with E-state index in [2.05, 4.69) is 0 Å². The van der Waals surface area contributed by atoms with Gasteiger partial charge in [0, 0.05) is 6.42 Å². The fourth-order valence-corrected chi connectivity index (χ4v) is 1.22. The van der Waals surface area contributed by atoms with Gasteiger partial charge in [0.1, 0.15) is 11.9 Å². The predicted octanol–water partition coefficient (Wildman–Crippen LogP) is 2.56. The number of aliphatic hydroxyl groups excluding tert-OH is 1. The summed E-state index contributed by atoms with van der Waals surface area (Å²) in [6, 6.07) is 2.66. The molecule has 3 N–H and O–H groups in total. The van der Waals surface area contributed by atoms with Crippen LogP contribution in [0.25, 0.3) is 0 Å². The van der Waals surface area contributed by atoms with Crippen LogP contribution < -0.4 is 5.73 Å². The lowest BCUT2D eigenvalue weighted by molar-refractivity contribution is -0.153. The maximum Gasteiger partial charge on any atom is 0.403 e. The van der Waals surface area contributed by atoms with Crippen molar-refractivity contribution >= 4 is 12.4 Å². The third kappa shape index (κ3) is 4.89. The molecule has 0 heterocycles. The summed E-state index contributed by atoms with van der Waals surface area (Å²) < 4.78 is 49.0. The minimum Gasteiger partial charge on any atom is -0.388 e. The molecular formula is C10H12ClF4NO. The third-order valence-electron chi connectivity index (χ3n) is 2.13. The molecule has 0 fully saturated rings. The first-order valence-corrected chi connectivity index (χ1v) is 4.56. The molecule has 2 atom stereocenters. The lowest BCUT2D eigenvalue weighted by atomic mass is 10.0. The number of benzene rings is 1. The molecule has 1 aromatic rings. The van der Waals surface area contributed by atoms with Gasteiger partial charge in [-0.15, -0.1) is 12.4 Å². The molecule has 0 saturated heterocycles. The smallest absolute Gasteiger partial charge is 0.388 e. The van der Waals surface area contributed by atoms with E-state index in [-0.39, 0.29) is 18.0 Å². The van der Waals surface area contributed by atoms with Gasteiger partial charge in [-0.25, -0.2) is 4.39 Å². The first-order valence-electron chi connectivity index (χ1n) is 4.56. The first kappa shape index (κ1) is 16.1. The molecule has 17 heavy (non-hydrogen) atoms. The summed E-state index contributed by atoms with van der Waals surface area (Å²) in [5.41, 5.74) is 4.93. The Morgan fingerprint density at radius 2 is 1.88 bits per heavy atom. The first-order chi connectivity index (χ1) is 7.30. The van der Waals surface area contributed by atoms with Crippen LogP contribution >= 0.6 is 12.4 Å². The molecule has 0 amide bonds. The Morgan fingerprint density at radius 1 is 1.29 bits per heavy atom. The van der Waals surface area contributed by atoms with Gasteiger partial charge in [0.25, 0.3) is 0 Å². The molecule has 0 aliphatic heterocycles. The zero-order valence-corrected chi connectivity index (χ0v) is 9.43. The Labute approximate surface area is 102 Å². The van der Waals surface area contributed by atoms with Crippen LogP contribution in [0.2, 0.25) is 0 Å². The topological polar surface area (TPSA) is 46.2 Å². The van der Waals surface area contributed by atoms with Crippen LogP contribution in [0.5, 0.6) is 0 Å². The van der Waals surface area contributed by atoms with Crippen molar-refractivity contribution in [2.75, 3.05) is 0 Å². The number of rotatable bonds is 3. The second-order valence-electron chi connectivity index (χ2n) is 3.45. The summed E-state index contributed by atoms with van der Waals surface area (Å²) in [5, 5.41) is 9.43. The van der Waals surface area contributed by atoms with Crippen molar-refractivity contribution in [3.63, 3.8) is 0 Å². The average molecular weight is 274 g/mol. The van der Waals surface area contributed by atoms with E-state index in [0.29, 0.717) is 0 Å². The SMILES string of the molecule is Cl.N[C@@H](C[C@H](O)c1cccc(F)c1)C(F)(F)F. The highest BCUT2D eigenvalue weighted by Gasteiger charge is 2.37. The lowest BCUT2D eigenvalue weighted by Crippen LogP contribution is -2.38. The van der Waals surface area contributed by atoms with Crippen LogP contribution in [0.3, 0.4) is 0 Å². The van der Waals surface area contributed by atoms with Gasteiger partial charge < -0.3 is 10.8 Å². The molecule has 7 heteroatoms. The third-order valence-corrected chi connectivity index (χ3v) is 2.13. The monoisotopic (exact) mass is 273 g/mol. The van der Waals surface area contributed by atoms with E-state index >= 15 is 0 Å². The van der Waals surface area contributed by atoms with Crippen LogP contribution in [0.4, 0.5) is 17.6 Å². The summed E-state index contributed by atoms with van der Waals surface area (Å²) in [5.74, 6) is -0.614. The van der Waals surface area contributed by atoms with Crippen LogP contribution in [0, 0.1) is 5.82 Å². The Bertz CT molecular complexity index is 358. The van der Waals surface area contributed by atoms with E-state index in [9.17, 15) is 22.7 Å². The number of hydrogen-bond donors (Lipinski definition) is 2. The van der Waals surface area contributed by atoms with Crippen LogP contribution in [0.1, 0.15) is 18.1 Å². The molecule has 0 aromatic heterocycles. The zero-order valence-electron chi connectivity index (χ0n) is 8.62. The summed E-state index contributed by atoms with van der Waals surface area (Å²) in [6.45, 7) is 0. The minimum absolute atomic E-state index is 0. The normalized spacial score (nSPS) is 14.9. The molecule has 0 saturated carbocycles. The van der Waals surface area contributed by atoms with E-state index in [1.807, 2.05) is 0 Å². The van der Waals surface area contributed by atoms with E-state index in [4.69, 9.17) is 5.73 Å². The summed E-state index contributed by atoms with van der Waals surface area (Å²) in [6.07, 6.45) is -6.67. The largest absolute Gasteiger partial charge is 0.403 e. The van der Waals surface area contributed by atoms with Gasteiger partial charge in [0.05, 0.1) is 6.10 Å². The van der Waals surface area contributed by atoms with Crippen molar-refractivity contribution in [3.8, 4) is 0 Å². The average Bonchev–Trinajstić information content (AvgIpc) is 2.16. The summed E-state index contributed by atoms with van der Waals surface area (Å²) >= 11 is 0. The Kier molecular flexibility index (Phi) is 5.87. The molecule has 0 unspecified atom stereocenters. The second-order valence-corrected chi connectivity index (χ2v) is 3.45. The standard InChI is InChI=1S/C10H11F4NO.ClH/c11-7-3-1-2-6(4-7)8(16)5-9(15)10(12,13)14;/h1-4,8-9,16H,5,15H2;1H/t8-,9-;/m0./s1. The van der Waals surface area contributed by atoms with Crippen molar-refractivity contribution in [2.45, 2.75) is 24.7 Å². The quantitative estimate of drug-likeness (QED) is 0.832. The predicted molar refractivity (Wildman–Crippen MR) is 57.3 cm³/mol. The molecule has 0 aliphatic rings. The molecule has 1 rings (SSSR count). The van der Waals surface area contributed by atoms with Gasteiger partial charge in [-0.3, -0.25) is 0 Å². The number of hydrogen-bond acceptors (Lipinski definition) is 2. The lowest BCUT2D eigenvalue weighted by Gasteiger charge is -2.19. The van der Waals surface area contributed by atoms with Crippen molar-refractivity contribution in [1.82, 2.24) is 0 Å². The number of alkyl halides is 3. The van der Waals surface area contributed by atoms with Crippen molar-refractivity contribution in [2.24, 2.45) is 5.73 Å². The molecule has 2 nitrogen and oxygen atoms in total. The van der Waals surface area contributed by atoms with Crippen molar-refractivity contribution in [1.29, 1.82) is 0 Å². The van der Waals surface area contributed by atoms with Gasteiger partial charge in [-0.05, 0) is 17.7 Å². The molecular weight excluding hydrogens is 262 g/mol. The Balaban J connectivity index is 0.00000256. The Hall–Kier alpha value is -0.850. The van der Waals surface area contributed by atoms with Gasteiger partial charge in [0.15, 0.2) is 0 Å². The van der Waals surface area contributed by atoms with Crippen molar-refractivity contribution in [3.05, 3.63) is 35.6 Å². The fraction of sp³-hybridized carbons (Fsp3) is 0.400. The van der Waals surface area contributed by atoms with Gasteiger partial charge in [-0.2, -0.15) is 13.2 Å². The Morgan fingerprint density at radius 3 is 2.35 bits per heavy atom. The molecule has 1 aromatic carbocycles. The van der Waals surface area contributed by atoms with E-state index < -0.39 is 30.6 Å². The maximum atomic E-state index is 12.7. The molecule has 98 valence electrons. The summed E-state index contributed by atoms with van der Waals surface area (Å²) in [7, 11) is 0. The highest BCUT2D eigenvalue weighted by Crippen LogP contribution is 2.26. The molecule has 0 bridgehead atoms. The molecule has 0 aliphatic carbocycles. The van der Waals surface area contributed by atoms with Gasteiger partial charge >= 0.3 is 6.18 Å². The number of nitrogens with two attached hydrogens (primary N) is 1. The summed E-state index contributed by atoms with van der Waals surface area (Å²) in [4.78, 5) is 0. The minimum atomic E-state index is -4.56. The van der Waals surface area contributed by atoms with Crippen LogP contribution in [0.15, 0.2) is 24.3 Å². The number of aliphatic hydroxyl groups is 1. The molecule has 0 spiro atoms. The van der Waals surface area contributed by atoms with E-state index in [1.165, 1.54) is 12.1 Å². The zero-order chi connectivity index (χ0) is 12.3. The van der Waals surface area contributed by atoms with E-state index in [0.717, 1.165) is 12.1 Å². The van der Waals surface area contributed by atoms with Crippen molar-refractivity contribution < 1.29 is 22.7 Å². The van der Waals surface area contributed by atoms with Gasteiger partial charge in [-0.1, -0.05) is 12.1 Å².